The number of piperazine rings is 1. The number of esters is 1. The van der Waals surface area contributed by atoms with Crippen molar-refractivity contribution in [1.82, 2.24) is 14.8 Å². The Hall–Kier alpha value is -2.60. The molecule has 6 nitrogen and oxygen atoms in total. The second-order valence-electron chi connectivity index (χ2n) is 8.14. The summed E-state index contributed by atoms with van der Waals surface area (Å²) in [6.07, 6.45) is -0.197. The van der Waals surface area contributed by atoms with Crippen molar-refractivity contribution in [2.45, 2.75) is 47.3 Å². The van der Waals surface area contributed by atoms with Gasteiger partial charge in [0.2, 0.25) is 0 Å². The first-order valence-electron chi connectivity index (χ1n) is 10.2. The lowest BCUT2D eigenvalue weighted by Gasteiger charge is -2.34. The topological polar surface area (TPSA) is 65.6 Å². The fourth-order valence-corrected chi connectivity index (χ4v) is 3.88. The number of carbonyl (C=O) groups excluding carboxylic acids is 2. The van der Waals surface area contributed by atoms with E-state index in [-0.39, 0.29) is 18.0 Å². The summed E-state index contributed by atoms with van der Waals surface area (Å²) in [7, 11) is 0. The van der Waals surface area contributed by atoms with Crippen molar-refractivity contribution in [3.63, 3.8) is 0 Å². The first-order chi connectivity index (χ1) is 13.8. The number of aryl methyl sites for hydroxylation is 2. The van der Waals surface area contributed by atoms with Gasteiger partial charge < -0.3 is 14.6 Å². The largest absolute Gasteiger partial charge is 0.459 e. The molecule has 156 valence electrons. The molecule has 1 N–H and O–H groups in total. The van der Waals surface area contributed by atoms with Gasteiger partial charge in [0, 0.05) is 38.4 Å². The van der Waals surface area contributed by atoms with E-state index in [9.17, 15) is 9.59 Å². The van der Waals surface area contributed by atoms with E-state index >= 15 is 0 Å². The van der Waals surface area contributed by atoms with E-state index in [4.69, 9.17) is 4.74 Å². The average molecular weight is 398 g/mol. The van der Waals surface area contributed by atoms with Crippen molar-refractivity contribution in [2.75, 3.05) is 26.2 Å². The van der Waals surface area contributed by atoms with Crippen LogP contribution < -0.4 is 0 Å². The molecule has 3 rings (SSSR count). The van der Waals surface area contributed by atoms with Gasteiger partial charge in [-0.05, 0) is 45.7 Å². The van der Waals surface area contributed by atoms with Gasteiger partial charge in [0.1, 0.15) is 5.69 Å². The van der Waals surface area contributed by atoms with Gasteiger partial charge >= 0.3 is 5.97 Å². The Labute approximate surface area is 172 Å². The highest BCUT2D eigenvalue weighted by Gasteiger charge is 2.28. The molecule has 1 fully saturated rings. The van der Waals surface area contributed by atoms with E-state index < -0.39 is 0 Å². The Balaban J connectivity index is 1.64. The van der Waals surface area contributed by atoms with Crippen LogP contribution in [0.1, 0.15) is 57.1 Å². The predicted molar refractivity (Wildman–Crippen MR) is 113 cm³/mol. The molecule has 1 aromatic heterocycles. The molecule has 1 saturated heterocycles. The molecule has 6 heteroatoms. The van der Waals surface area contributed by atoms with Gasteiger partial charge in [-0.1, -0.05) is 29.8 Å². The number of nitrogens with one attached hydrogen (secondary N) is 1. The summed E-state index contributed by atoms with van der Waals surface area (Å²) < 4.78 is 5.32. The van der Waals surface area contributed by atoms with Crippen LogP contribution in [0.2, 0.25) is 0 Å². The third kappa shape index (κ3) is 4.88. The van der Waals surface area contributed by atoms with Crippen LogP contribution in [0.4, 0.5) is 0 Å². The molecule has 1 amide bonds. The highest BCUT2D eigenvalue weighted by Crippen LogP contribution is 2.22. The number of benzene rings is 1. The molecule has 1 aliphatic rings. The third-order valence-corrected chi connectivity index (χ3v) is 5.35. The van der Waals surface area contributed by atoms with Crippen molar-refractivity contribution in [2.24, 2.45) is 0 Å². The number of rotatable bonds is 5. The highest BCUT2D eigenvalue weighted by atomic mass is 16.5. The van der Waals surface area contributed by atoms with Gasteiger partial charge in [-0.15, -0.1) is 0 Å². The van der Waals surface area contributed by atoms with E-state index in [1.165, 1.54) is 11.1 Å². The first kappa shape index (κ1) is 21.1. The minimum atomic E-state index is -0.381. The van der Waals surface area contributed by atoms with Crippen LogP contribution in [0.15, 0.2) is 24.3 Å². The van der Waals surface area contributed by atoms with E-state index in [1.54, 1.807) is 6.92 Å². The molecule has 0 aliphatic carbocycles. The van der Waals surface area contributed by atoms with Crippen LogP contribution in [0.25, 0.3) is 0 Å². The predicted octanol–water partition coefficient (Wildman–Crippen LogP) is 3.46. The molecular weight excluding hydrogens is 366 g/mol. The normalized spacial score (nSPS) is 15.0. The quantitative estimate of drug-likeness (QED) is 0.785. The summed E-state index contributed by atoms with van der Waals surface area (Å²) in [4.78, 5) is 32.8. The Morgan fingerprint density at radius 3 is 2.41 bits per heavy atom. The monoisotopic (exact) mass is 397 g/mol. The van der Waals surface area contributed by atoms with Crippen molar-refractivity contribution in [3.05, 3.63) is 57.9 Å². The molecule has 0 radical (unpaired) electrons. The van der Waals surface area contributed by atoms with Crippen LogP contribution in [0, 0.1) is 20.8 Å². The van der Waals surface area contributed by atoms with Crippen LogP contribution in [0.3, 0.4) is 0 Å². The Morgan fingerprint density at radius 1 is 1.10 bits per heavy atom. The first-order valence-corrected chi connectivity index (χ1v) is 10.2. The number of hydrogen-bond acceptors (Lipinski definition) is 4. The number of carbonyl (C=O) groups is 2. The van der Waals surface area contributed by atoms with E-state index in [2.05, 4.69) is 41.1 Å². The number of nitrogens with zero attached hydrogens (tertiary/aromatic N) is 2. The molecule has 2 heterocycles. The Kier molecular flexibility index (Phi) is 6.42. The lowest BCUT2D eigenvalue weighted by Crippen LogP contribution is -2.48. The van der Waals surface area contributed by atoms with Crippen molar-refractivity contribution in [3.8, 4) is 0 Å². The number of amides is 1. The number of aromatic nitrogens is 1. The average Bonchev–Trinajstić information content (AvgIpc) is 2.95. The number of H-pyrrole nitrogens is 1. The van der Waals surface area contributed by atoms with Crippen LogP contribution >= 0.6 is 0 Å². The summed E-state index contributed by atoms with van der Waals surface area (Å²) in [5, 5.41) is 0. The van der Waals surface area contributed by atoms with Crippen LogP contribution in [-0.4, -0.2) is 58.9 Å². The van der Waals surface area contributed by atoms with Crippen LogP contribution in [0.5, 0.6) is 0 Å². The molecule has 0 saturated carbocycles. The molecule has 0 spiro atoms. The third-order valence-electron chi connectivity index (χ3n) is 5.35. The molecule has 1 aliphatic heterocycles. The minimum Gasteiger partial charge on any atom is -0.459 e. The van der Waals surface area contributed by atoms with Crippen molar-refractivity contribution < 1.29 is 14.3 Å². The van der Waals surface area contributed by atoms with E-state index in [0.717, 1.165) is 19.6 Å². The minimum absolute atomic E-state index is 0.0515. The smallest absolute Gasteiger partial charge is 0.340 e. The molecule has 1 aromatic carbocycles. The number of aromatic amines is 1. The van der Waals surface area contributed by atoms with Gasteiger partial charge in [0.05, 0.1) is 11.7 Å². The zero-order valence-electron chi connectivity index (χ0n) is 18.0. The fourth-order valence-electron chi connectivity index (χ4n) is 3.88. The molecule has 29 heavy (non-hydrogen) atoms. The Morgan fingerprint density at radius 2 is 1.79 bits per heavy atom. The fraction of sp³-hybridized carbons (Fsp3) is 0.478. The zero-order chi connectivity index (χ0) is 21.1. The maximum absolute atomic E-state index is 13.1. The lowest BCUT2D eigenvalue weighted by atomic mass is 10.1. The molecule has 0 atom stereocenters. The molecule has 2 aromatic rings. The van der Waals surface area contributed by atoms with Gasteiger partial charge in [-0.25, -0.2) is 4.79 Å². The SMILES string of the molecule is Cc1cccc(CN2CCN(C(=O)c3[nH]c(C)c(C(=O)OC(C)C)c3C)CC2)c1. The molecular formula is C23H31N3O3. The summed E-state index contributed by atoms with van der Waals surface area (Å²) in [5.74, 6) is -0.433. The number of hydrogen-bond donors (Lipinski definition) is 1. The van der Waals surface area contributed by atoms with E-state index in [0.29, 0.717) is 35.6 Å². The standard InChI is InChI=1S/C23H31N3O3/c1-15(2)29-23(28)20-17(4)21(24-18(20)5)22(27)26-11-9-25(10-12-26)14-19-8-6-7-16(3)13-19/h6-8,13,15,24H,9-12,14H2,1-5H3. The van der Waals surface area contributed by atoms with Gasteiger partial charge in [-0.3, -0.25) is 9.69 Å². The van der Waals surface area contributed by atoms with Crippen molar-refractivity contribution in [1.29, 1.82) is 0 Å². The van der Waals surface area contributed by atoms with Gasteiger partial charge in [0.25, 0.3) is 5.91 Å². The summed E-state index contributed by atoms with van der Waals surface area (Å²) >= 11 is 0. The van der Waals surface area contributed by atoms with Gasteiger partial charge in [0.15, 0.2) is 0 Å². The van der Waals surface area contributed by atoms with Crippen LogP contribution in [-0.2, 0) is 11.3 Å². The maximum atomic E-state index is 13.1. The molecule has 0 bridgehead atoms. The second kappa shape index (κ2) is 8.82. The summed E-state index contributed by atoms with van der Waals surface area (Å²) in [6, 6.07) is 8.54. The maximum Gasteiger partial charge on any atom is 0.340 e. The van der Waals surface area contributed by atoms with E-state index in [1.807, 2.05) is 25.7 Å². The summed E-state index contributed by atoms with van der Waals surface area (Å²) in [5.41, 5.74) is 4.87. The second-order valence-corrected chi connectivity index (χ2v) is 8.14. The highest BCUT2D eigenvalue weighted by molar-refractivity contribution is 6.00. The van der Waals surface area contributed by atoms with Crippen molar-refractivity contribution >= 4 is 11.9 Å². The summed E-state index contributed by atoms with van der Waals surface area (Å²) in [6.45, 7) is 13.3. The number of ether oxygens (including phenoxy) is 1. The zero-order valence-corrected chi connectivity index (χ0v) is 18.0. The Bertz CT molecular complexity index is 893. The van der Waals surface area contributed by atoms with Gasteiger partial charge in [-0.2, -0.15) is 0 Å². The molecule has 0 unspecified atom stereocenters. The lowest BCUT2D eigenvalue weighted by molar-refractivity contribution is 0.0376.